The van der Waals surface area contributed by atoms with Gasteiger partial charge in [0.1, 0.15) is 0 Å². The Morgan fingerprint density at radius 3 is 3.00 bits per heavy atom. The number of fused-ring (bicyclic) bond motifs is 1. The molecule has 0 unspecified atom stereocenters. The summed E-state index contributed by atoms with van der Waals surface area (Å²) in [5.41, 5.74) is 4.12. The lowest BCUT2D eigenvalue weighted by Gasteiger charge is -2.21. The molecule has 1 aliphatic heterocycles. The molecule has 1 aromatic rings. The van der Waals surface area contributed by atoms with Crippen molar-refractivity contribution in [3.05, 3.63) is 27.7 Å². The first-order valence-electron chi connectivity index (χ1n) is 4.89. The zero-order valence-electron chi connectivity index (χ0n) is 8.60. The van der Waals surface area contributed by atoms with Gasteiger partial charge in [-0.05, 0) is 30.2 Å². The summed E-state index contributed by atoms with van der Waals surface area (Å²) in [5.74, 6) is 0. The van der Waals surface area contributed by atoms with E-state index in [0.717, 1.165) is 19.6 Å². The summed E-state index contributed by atoms with van der Waals surface area (Å²) < 4.78 is 1.17. The Balaban J connectivity index is 2.53. The number of nitrogens with zero attached hydrogens (tertiary/aromatic N) is 1. The maximum Gasteiger partial charge on any atom is 0.0440 e. The van der Waals surface area contributed by atoms with Gasteiger partial charge in [0.25, 0.3) is 0 Å². The Morgan fingerprint density at radius 2 is 2.21 bits per heavy atom. The molecule has 1 aliphatic rings. The van der Waals surface area contributed by atoms with Crippen LogP contribution in [-0.2, 0) is 6.54 Å². The van der Waals surface area contributed by atoms with Gasteiger partial charge < -0.3 is 10.2 Å². The van der Waals surface area contributed by atoms with E-state index in [-0.39, 0.29) is 0 Å². The number of likely N-dealkylation sites (N-methyl/N-ethyl adjacent to an activating group) is 1. The first kappa shape index (κ1) is 9.99. The van der Waals surface area contributed by atoms with Crippen molar-refractivity contribution in [1.82, 2.24) is 5.32 Å². The molecule has 3 heteroatoms. The maximum absolute atomic E-state index is 3.54. The molecule has 0 radical (unpaired) electrons. The smallest absolute Gasteiger partial charge is 0.0440 e. The van der Waals surface area contributed by atoms with Crippen LogP contribution in [0.25, 0.3) is 0 Å². The van der Waals surface area contributed by atoms with Crippen LogP contribution in [0.1, 0.15) is 11.1 Å². The molecule has 14 heavy (non-hydrogen) atoms. The van der Waals surface area contributed by atoms with E-state index in [1.165, 1.54) is 21.3 Å². The van der Waals surface area contributed by atoms with E-state index >= 15 is 0 Å². The molecular weight excluding hydrogens is 240 g/mol. The van der Waals surface area contributed by atoms with Gasteiger partial charge in [-0.15, -0.1) is 0 Å². The van der Waals surface area contributed by atoms with E-state index in [0.29, 0.717) is 0 Å². The van der Waals surface area contributed by atoms with Crippen LogP contribution in [-0.4, -0.2) is 20.1 Å². The number of aryl methyl sites for hydroxylation is 1. The molecule has 0 atom stereocenters. The van der Waals surface area contributed by atoms with Gasteiger partial charge in [0.2, 0.25) is 0 Å². The lowest BCUT2D eigenvalue weighted by Crippen LogP contribution is -2.24. The van der Waals surface area contributed by atoms with Gasteiger partial charge in [-0.2, -0.15) is 0 Å². The Hall–Kier alpha value is -0.540. The second-order valence-corrected chi connectivity index (χ2v) is 4.74. The fourth-order valence-corrected chi connectivity index (χ4v) is 2.69. The van der Waals surface area contributed by atoms with Crippen molar-refractivity contribution in [1.29, 1.82) is 0 Å². The minimum absolute atomic E-state index is 0.972. The van der Waals surface area contributed by atoms with Gasteiger partial charge in [0.05, 0.1) is 0 Å². The zero-order chi connectivity index (χ0) is 10.1. The second kappa shape index (κ2) is 3.91. The standard InChI is InChI=1S/C11H15BrN2/c1-8-5-10(12)6-9-7-13-3-4-14(2)11(8)9/h5-6,13H,3-4,7H2,1-2H3. The highest BCUT2D eigenvalue weighted by molar-refractivity contribution is 9.10. The predicted octanol–water partition coefficient (Wildman–Crippen LogP) is 2.30. The summed E-state index contributed by atoms with van der Waals surface area (Å²) in [5, 5.41) is 3.43. The average Bonchev–Trinajstić information content (AvgIpc) is 2.27. The Morgan fingerprint density at radius 1 is 1.43 bits per heavy atom. The van der Waals surface area contributed by atoms with E-state index in [1.54, 1.807) is 0 Å². The summed E-state index contributed by atoms with van der Waals surface area (Å²) in [7, 11) is 2.16. The lowest BCUT2D eigenvalue weighted by atomic mass is 10.1. The van der Waals surface area contributed by atoms with Crippen molar-refractivity contribution < 1.29 is 0 Å². The highest BCUT2D eigenvalue weighted by Gasteiger charge is 2.14. The Labute approximate surface area is 93.4 Å². The van der Waals surface area contributed by atoms with Gasteiger partial charge in [-0.3, -0.25) is 0 Å². The monoisotopic (exact) mass is 254 g/mol. The van der Waals surface area contributed by atoms with Crippen molar-refractivity contribution in [2.24, 2.45) is 0 Å². The topological polar surface area (TPSA) is 15.3 Å². The number of rotatable bonds is 0. The SMILES string of the molecule is Cc1cc(Br)cc2c1N(C)CCNC2. The van der Waals surface area contributed by atoms with Gasteiger partial charge >= 0.3 is 0 Å². The number of hydrogen-bond donors (Lipinski definition) is 1. The number of nitrogens with one attached hydrogen (secondary N) is 1. The molecular formula is C11H15BrN2. The van der Waals surface area contributed by atoms with Crippen LogP contribution in [0.15, 0.2) is 16.6 Å². The molecule has 2 nitrogen and oxygen atoms in total. The number of anilines is 1. The summed E-state index contributed by atoms with van der Waals surface area (Å²) in [6.45, 7) is 5.28. The van der Waals surface area contributed by atoms with E-state index in [2.05, 4.69) is 52.3 Å². The zero-order valence-corrected chi connectivity index (χ0v) is 10.2. The molecule has 0 bridgehead atoms. The molecule has 1 heterocycles. The van der Waals surface area contributed by atoms with Crippen LogP contribution in [0.2, 0.25) is 0 Å². The van der Waals surface area contributed by atoms with Crippen LogP contribution in [0.3, 0.4) is 0 Å². The van der Waals surface area contributed by atoms with E-state index in [9.17, 15) is 0 Å². The van der Waals surface area contributed by atoms with Crippen molar-refractivity contribution in [3.8, 4) is 0 Å². The van der Waals surface area contributed by atoms with Crippen LogP contribution in [0.5, 0.6) is 0 Å². The first-order valence-corrected chi connectivity index (χ1v) is 5.68. The number of halogens is 1. The molecule has 0 amide bonds. The molecule has 0 saturated heterocycles. The van der Waals surface area contributed by atoms with Crippen molar-refractivity contribution in [2.75, 3.05) is 25.0 Å². The lowest BCUT2D eigenvalue weighted by molar-refractivity contribution is 0.707. The number of hydrogen-bond acceptors (Lipinski definition) is 2. The van der Waals surface area contributed by atoms with E-state index < -0.39 is 0 Å². The van der Waals surface area contributed by atoms with Crippen molar-refractivity contribution in [3.63, 3.8) is 0 Å². The van der Waals surface area contributed by atoms with E-state index in [1.807, 2.05) is 0 Å². The van der Waals surface area contributed by atoms with Gasteiger partial charge in [0.15, 0.2) is 0 Å². The van der Waals surface area contributed by atoms with Crippen LogP contribution in [0, 0.1) is 6.92 Å². The van der Waals surface area contributed by atoms with Crippen molar-refractivity contribution >= 4 is 21.6 Å². The van der Waals surface area contributed by atoms with Crippen molar-refractivity contribution in [2.45, 2.75) is 13.5 Å². The molecule has 1 N–H and O–H groups in total. The van der Waals surface area contributed by atoms with Crippen LogP contribution < -0.4 is 10.2 Å². The maximum atomic E-state index is 3.54. The van der Waals surface area contributed by atoms with Crippen LogP contribution >= 0.6 is 15.9 Å². The first-order chi connectivity index (χ1) is 6.68. The quantitative estimate of drug-likeness (QED) is 0.765. The third-order valence-electron chi connectivity index (χ3n) is 2.67. The third kappa shape index (κ3) is 1.79. The Bertz CT molecular complexity index is 349. The summed E-state index contributed by atoms with van der Waals surface area (Å²) >= 11 is 3.54. The van der Waals surface area contributed by atoms with E-state index in [4.69, 9.17) is 0 Å². The normalized spacial score (nSPS) is 16.4. The van der Waals surface area contributed by atoms with Gasteiger partial charge in [0, 0.05) is 36.8 Å². The highest BCUT2D eigenvalue weighted by atomic mass is 79.9. The minimum atomic E-state index is 0.972. The molecule has 2 rings (SSSR count). The minimum Gasteiger partial charge on any atom is -0.373 e. The average molecular weight is 255 g/mol. The Kier molecular flexibility index (Phi) is 2.79. The largest absolute Gasteiger partial charge is 0.373 e. The highest BCUT2D eigenvalue weighted by Crippen LogP contribution is 2.29. The fraction of sp³-hybridized carbons (Fsp3) is 0.455. The summed E-state index contributed by atoms with van der Waals surface area (Å²) in [4.78, 5) is 2.33. The fourth-order valence-electron chi connectivity index (χ4n) is 2.07. The molecule has 0 aromatic heterocycles. The molecule has 0 saturated carbocycles. The third-order valence-corrected chi connectivity index (χ3v) is 3.12. The summed E-state index contributed by atoms with van der Waals surface area (Å²) in [6.07, 6.45) is 0. The molecule has 0 spiro atoms. The predicted molar refractivity (Wildman–Crippen MR) is 63.9 cm³/mol. The van der Waals surface area contributed by atoms with Gasteiger partial charge in [-0.1, -0.05) is 15.9 Å². The molecule has 0 aliphatic carbocycles. The summed E-state index contributed by atoms with van der Waals surface area (Å²) in [6, 6.07) is 4.39. The molecule has 76 valence electrons. The molecule has 0 fully saturated rings. The van der Waals surface area contributed by atoms with Gasteiger partial charge in [-0.25, -0.2) is 0 Å². The number of benzene rings is 1. The molecule has 1 aromatic carbocycles. The second-order valence-electron chi connectivity index (χ2n) is 3.83. The van der Waals surface area contributed by atoms with Crippen LogP contribution in [0.4, 0.5) is 5.69 Å².